The number of nitrogens with one attached hydrogen (secondary N) is 1. The third-order valence-corrected chi connectivity index (χ3v) is 3.57. The van der Waals surface area contributed by atoms with E-state index < -0.39 is 5.97 Å². The van der Waals surface area contributed by atoms with Crippen molar-refractivity contribution in [1.29, 1.82) is 0 Å². The second-order valence-electron chi connectivity index (χ2n) is 4.79. The zero-order valence-corrected chi connectivity index (χ0v) is 10.1. The number of benzene rings is 1. The van der Waals surface area contributed by atoms with Gasteiger partial charge in [0.25, 0.3) is 0 Å². The fourth-order valence-corrected chi connectivity index (χ4v) is 2.55. The summed E-state index contributed by atoms with van der Waals surface area (Å²) in [6, 6.07) is 8.27. The molecule has 1 aliphatic rings. The number of carboxylic acid groups (broad SMARTS) is 1. The van der Waals surface area contributed by atoms with Gasteiger partial charge >= 0.3 is 5.97 Å². The SMILES string of the molecule is Cc1ccc(C2CCNCCC2C(=O)O)cc1. The third kappa shape index (κ3) is 2.86. The molecule has 3 heteroatoms. The summed E-state index contributed by atoms with van der Waals surface area (Å²) >= 11 is 0. The van der Waals surface area contributed by atoms with Crippen molar-refractivity contribution in [3.8, 4) is 0 Å². The van der Waals surface area contributed by atoms with Crippen molar-refractivity contribution in [1.82, 2.24) is 5.32 Å². The molecule has 0 aliphatic carbocycles. The van der Waals surface area contributed by atoms with E-state index in [1.54, 1.807) is 0 Å². The number of hydrogen-bond donors (Lipinski definition) is 2. The summed E-state index contributed by atoms with van der Waals surface area (Å²) in [4.78, 5) is 11.3. The highest BCUT2D eigenvalue weighted by Gasteiger charge is 2.30. The topological polar surface area (TPSA) is 49.3 Å². The minimum atomic E-state index is -0.667. The van der Waals surface area contributed by atoms with Gasteiger partial charge in [0, 0.05) is 0 Å². The molecule has 2 N–H and O–H groups in total. The van der Waals surface area contributed by atoms with E-state index in [2.05, 4.69) is 29.6 Å². The predicted octanol–water partition coefficient (Wildman–Crippen LogP) is 2.16. The normalized spacial score (nSPS) is 25.2. The molecule has 92 valence electrons. The lowest BCUT2D eigenvalue weighted by atomic mass is 9.82. The molecule has 0 radical (unpaired) electrons. The summed E-state index contributed by atoms with van der Waals surface area (Å²) < 4.78 is 0. The Morgan fingerprint density at radius 1 is 1.24 bits per heavy atom. The van der Waals surface area contributed by atoms with Crippen LogP contribution in [0.3, 0.4) is 0 Å². The second kappa shape index (κ2) is 5.32. The Morgan fingerprint density at radius 3 is 2.53 bits per heavy atom. The van der Waals surface area contributed by atoms with Crippen LogP contribution in [0, 0.1) is 12.8 Å². The van der Waals surface area contributed by atoms with E-state index in [0.29, 0.717) is 6.42 Å². The molecule has 2 atom stereocenters. The maximum atomic E-state index is 11.3. The predicted molar refractivity (Wildman–Crippen MR) is 67.1 cm³/mol. The third-order valence-electron chi connectivity index (χ3n) is 3.57. The highest BCUT2D eigenvalue weighted by Crippen LogP contribution is 2.32. The van der Waals surface area contributed by atoms with Crippen molar-refractivity contribution in [2.45, 2.75) is 25.7 Å². The van der Waals surface area contributed by atoms with Gasteiger partial charge in [-0.1, -0.05) is 29.8 Å². The van der Waals surface area contributed by atoms with Crippen LogP contribution in [0.4, 0.5) is 0 Å². The second-order valence-corrected chi connectivity index (χ2v) is 4.79. The average molecular weight is 233 g/mol. The van der Waals surface area contributed by atoms with Gasteiger partial charge in [-0.15, -0.1) is 0 Å². The Bertz CT molecular complexity index is 386. The molecule has 0 spiro atoms. The highest BCUT2D eigenvalue weighted by atomic mass is 16.4. The Kier molecular flexibility index (Phi) is 3.79. The number of hydrogen-bond acceptors (Lipinski definition) is 2. The highest BCUT2D eigenvalue weighted by molar-refractivity contribution is 5.71. The van der Waals surface area contributed by atoms with Crippen LogP contribution in [0.2, 0.25) is 0 Å². The van der Waals surface area contributed by atoms with E-state index in [9.17, 15) is 9.90 Å². The molecule has 1 aromatic rings. The molecule has 1 heterocycles. The first kappa shape index (κ1) is 12.1. The van der Waals surface area contributed by atoms with Crippen molar-refractivity contribution in [2.75, 3.05) is 13.1 Å². The maximum Gasteiger partial charge on any atom is 0.307 e. The number of rotatable bonds is 2. The van der Waals surface area contributed by atoms with Crippen LogP contribution < -0.4 is 5.32 Å². The van der Waals surface area contributed by atoms with Gasteiger partial charge in [0.15, 0.2) is 0 Å². The van der Waals surface area contributed by atoms with E-state index in [1.807, 2.05) is 6.92 Å². The van der Waals surface area contributed by atoms with Crippen LogP contribution in [-0.2, 0) is 4.79 Å². The standard InChI is InChI=1S/C14H19NO2/c1-10-2-4-11(5-3-10)12-6-8-15-9-7-13(12)14(16)17/h2-5,12-13,15H,6-9H2,1H3,(H,16,17). The summed E-state index contributed by atoms with van der Waals surface area (Å²) in [5.74, 6) is -0.782. The molecular formula is C14H19NO2. The van der Waals surface area contributed by atoms with Crippen LogP contribution in [0.25, 0.3) is 0 Å². The maximum absolute atomic E-state index is 11.3. The summed E-state index contributed by atoms with van der Waals surface area (Å²) in [6.07, 6.45) is 1.62. The quantitative estimate of drug-likeness (QED) is 0.823. The minimum Gasteiger partial charge on any atom is -0.481 e. The number of carboxylic acids is 1. The number of carbonyl (C=O) groups is 1. The molecule has 0 bridgehead atoms. The lowest BCUT2D eigenvalue weighted by Crippen LogP contribution is -2.22. The van der Waals surface area contributed by atoms with Crippen molar-refractivity contribution in [2.24, 2.45) is 5.92 Å². The first-order valence-corrected chi connectivity index (χ1v) is 6.18. The van der Waals surface area contributed by atoms with Crippen molar-refractivity contribution < 1.29 is 9.90 Å². The van der Waals surface area contributed by atoms with Crippen LogP contribution in [-0.4, -0.2) is 24.2 Å². The van der Waals surface area contributed by atoms with E-state index in [0.717, 1.165) is 25.1 Å². The van der Waals surface area contributed by atoms with Crippen LogP contribution >= 0.6 is 0 Å². The van der Waals surface area contributed by atoms with Crippen LogP contribution in [0.5, 0.6) is 0 Å². The van der Waals surface area contributed by atoms with E-state index >= 15 is 0 Å². The van der Waals surface area contributed by atoms with E-state index in [-0.39, 0.29) is 11.8 Å². The van der Waals surface area contributed by atoms with Crippen molar-refractivity contribution in [3.05, 3.63) is 35.4 Å². The fraction of sp³-hybridized carbons (Fsp3) is 0.500. The molecule has 17 heavy (non-hydrogen) atoms. The van der Waals surface area contributed by atoms with Gasteiger partial charge in [-0.2, -0.15) is 0 Å². The van der Waals surface area contributed by atoms with Crippen LogP contribution in [0.15, 0.2) is 24.3 Å². The molecule has 0 saturated carbocycles. The average Bonchev–Trinajstić information content (AvgIpc) is 2.55. The Hall–Kier alpha value is -1.35. The molecule has 1 saturated heterocycles. The molecule has 0 aromatic heterocycles. The molecular weight excluding hydrogens is 214 g/mol. The number of aliphatic carboxylic acids is 1. The molecule has 1 fully saturated rings. The van der Waals surface area contributed by atoms with Gasteiger partial charge in [-0.05, 0) is 44.3 Å². The van der Waals surface area contributed by atoms with Crippen LogP contribution in [0.1, 0.15) is 29.9 Å². The van der Waals surface area contributed by atoms with Gasteiger partial charge in [0.1, 0.15) is 0 Å². The van der Waals surface area contributed by atoms with E-state index in [4.69, 9.17) is 0 Å². The fourth-order valence-electron chi connectivity index (χ4n) is 2.55. The van der Waals surface area contributed by atoms with Gasteiger partial charge in [0.05, 0.1) is 5.92 Å². The van der Waals surface area contributed by atoms with E-state index in [1.165, 1.54) is 5.56 Å². The zero-order chi connectivity index (χ0) is 12.3. The summed E-state index contributed by atoms with van der Waals surface area (Å²) in [5.41, 5.74) is 2.37. The van der Waals surface area contributed by atoms with Gasteiger partial charge in [-0.3, -0.25) is 4.79 Å². The van der Waals surface area contributed by atoms with Crippen molar-refractivity contribution in [3.63, 3.8) is 0 Å². The smallest absolute Gasteiger partial charge is 0.307 e. The Balaban J connectivity index is 2.25. The molecule has 3 nitrogen and oxygen atoms in total. The molecule has 1 aliphatic heterocycles. The summed E-state index contributed by atoms with van der Waals surface area (Å²) in [6.45, 7) is 3.76. The lowest BCUT2D eigenvalue weighted by Gasteiger charge is -2.21. The Morgan fingerprint density at radius 2 is 1.88 bits per heavy atom. The first-order chi connectivity index (χ1) is 8.18. The van der Waals surface area contributed by atoms with Gasteiger partial charge < -0.3 is 10.4 Å². The molecule has 2 rings (SSSR count). The lowest BCUT2D eigenvalue weighted by molar-refractivity contribution is -0.142. The Labute approximate surface area is 102 Å². The zero-order valence-electron chi connectivity index (χ0n) is 10.1. The number of aryl methyl sites for hydroxylation is 1. The van der Waals surface area contributed by atoms with Gasteiger partial charge in [0.2, 0.25) is 0 Å². The largest absolute Gasteiger partial charge is 0.481 e. The first-order valence-electron chi connectivity index (χ1n) is 6.18. The molecule has 2 unspecified atom stereocenters. The monoisotopic (exact) mass is 233 g/mol. The summed E-state index contributed by atoms with van der Waals surface area (Å²) in [5, 5.41) is 12.6. The van der Waals surface area contributed by atoms with Gasteiger partial charge in [-0.25, -0.2) is 0 Å². The summed E-state index contributed by atoms with van der Waals surface area (Å²) in [7, 11) is 0. The minimum absolute atomic E-state index is 0.142. The molecule has 1 aromatic carbocycles. The van der Waals surface area contributed by atoms with Crippen molar-refractivity contribution >= 4 is 5.97 Å². The molecule has 0 amide bonds.